The normalized spacial score (nSPS) is 10.5. The Morgan fingerprint density at radius 1 is 0.875 bits per heavy atom. The Morgan fingerprint density at radius 2 is 1.56 bits per heavy atom. The second-order valence-electron chi connectivity index (χ2n) is 6.98. The first kappa shape index (κ1) is 21.0. The molecular formula is C25H23N3O4. The van der Waals surface area contributed by atoms with Gasteiger partial charge < -0.3 is 19.5 Å². The third-order valence-corrected chi connectivity index (χ3v) is 4.99. The molecule has 0 radical (unpaired) electrons. The smallest absolute Gasteiger partial charge is 0.326 e. The fraction of sp³-hybridized carbons (Fsp3) is 0.120. The topological polar surface area (TPSA) is 72.9 Å². The third-order valence-electron chi connectivity index (χ3n) is 4.99. The van der Waals surface area contributed by atoms with Gasteiger partial charge in [0.05, 0.1) is 19.7 Å². The molecule has 7 heteroatoms. The summed E-state index contributed by atoms with van der Waals surface area (Å²) in [7, 11) is 4.89. The quantitative estimate of drug-likeness (QED) is 0.425. The highest BCUT2D eigenvalue weighted by Gasteiger charge is 2.13. The molecule has 4 aromatic rings. The first-order chi connectivity index (χ1) is 15.6. The van der Waals surface area contributed by atoms with Gasteiger partial charge in [0, 0.05) is 36.1 Å². The number of anilines is 2. The number of methoxy groups -OCH3 is 2. The first-order valence-corrected chi connectivity index (χ1v) is 9.97. The van der Waals surface area contributed by atoms with Crippen LogP contribution in [0.15, 0.2) is 79.0 Å². The van der Waals surface area contributed by atoms with Gasteiger partial charge in [-0.15, -0.1) is 0 Å². The minimum Gasteiger partial charge on any atom is -0.493 e. The predicted octanol–water partition coefficient (Wildman–Crippen LogP) is 5.71. The van der Waals surface area contributed by atoms with E-state index in [4.69, 9.17) is 14.2 Å². The van der Waals surface area contributed by atoms with Crippen molar-refractivity contribution in [3.8, 4) is 23.0 Å². The summed E-state index contributed by atoms with van der Waals surface area (Å²) in [5, 5.41) is 3.68. The lowest BCUT2D eigenvalue weighted by atomic mass is 10.2. The van der Waals surface area contributed by atoms with Gasteiger partial charge in [-0.25, -0.2) is 4.79 Å². The number of pyridine rings is 1. The highest BCUT2D eigenvalue weighted by Crippen LogP contribution is 2.37. The molecule has 0 spiro atoms. The summed E-state index contributed by atoms with van der Waals surface area (Å²) in [6, 6.07) is 21.8. The Morgan fingerprint density at radius 3 is 2.25 bits per heavy atom. The van der Waals surface area contributed by atoms with E-state index in [0.717, 1.165) is 16.6 Å². The van der Waals surface area contributed by atoms with Crippen molar-refractivity contribution in [1.82, 2.24) is 4.98 Å². The molecule has 0 fully saturated rings. The number of aromatic nitrogens is 1. The number of urea groups is 1. The number of carbonyl (C=O) groups excluding carboxylic acids is 1. The minimum absolute atomic E-state index is 0.231. The van der Waals surface area contributed by atoms with E-state index in [0.29, 0.717) is 28.7 Å². The van der Waals surface area contributed by atoms with Crippen LogP contribution in [-0.2, 0) is 0 Å². The van der Waals surface area contributed by atoms with Crippen molar-refractivity contribution in [2.24, 2.45) is 0 Å². The molecule has 4 rings (SSSR count). The zero-order chi connectivity index (χ0) is 22.5. The molecule has 0 aliphatic heterocycles. The lowest BCUT2D eigenvalue weighted by Gasteiger charge is -2.18. The Labute approximate surface area is 186 Å². The minimum atomic E-state index is -0.231. The van der Waals surface area contributed by atoms with Gasteiger partial charge in [-0.3, -0.25) is 9.88 Å². The number of benzene rings is 3. The fourth-order valence-corrected chi connectivity index (χ4v) is 3.25. The van der Waals surface area contributed by atoms with Gasteiger partial charge in [0.2, 0.25) is 0 Å². The number of hydrogen-bond donors (Lipinski definition) is 1. The summed E-state index contributed by atoms with van der Waals surface area (Å²) in [6.07, 6.45) is 1.68. The summed E-state index contributed by atoms with van der Waals surface area (Å²) >= 11 is 0. The molecule has 0 unspecified atom stereocenters. The molecule has 2 amide bonds. The molecule has 0 aliphatic rings. The van der Waals surface area contributed by atoms with Gasteiger partial charge in [-0.1, -0.05) is 18.2 Å². The fourth-order valence-electron chi connectivity index (χ4n) is 3.25. The van der Waals surface area contributed by atoms with Crippen molar-refractivity contribution in [3.63, 3.8) is 0 Å². The Bertz CT molecular complexity index is 1230. The summed E-state index contributed by atoms with van der Waals surface area (Å²) in [4.78, 5) is 18.4. The summed E-state index contributed by atoms with van der Waals surface area (Å²) in [6.45, 7) is 0. The largest absolute Gasteiger partial charge is 0.493 e. The van der Waals surface area contributed by atoms with Gasteiger partial charge >= 0.3 is 6.03 Å². The van der Waals surface area contributed by atoms with Crippen LogP contribution in [0.25, 0.3) is 10.9 Å². The van der Waals surface area contributed by atoms with Crippen molar-refractivity contribution in [3.05, 3.63) is 79.0 Å². The van der Waals surface area contributed by atoms with Gasteiger partial charge in [-0.2, -0.15) is 0 Å². The van der Waals surface area contributed by atoms with Crippen LogP contribution in [0.1, 0.15) is 0 Å². The Kier molecular flexibility index (Phi) is 6.07. The molecule has 0 saturated heterocycles. The van der Waals surface area contributed by atoms with Crippen molar-refractivity contribution in [2.75, 3.05) is 31.5 Å². The number of rotatable bonds is 6. The molecule has 0 saturated carbocycles. The number of fused-ring (bicyclic) bond motifs is 1. The maximum atomic E-state index is 12.5. The van der Waals surface area contributed by atoms with Crippen molar-refractivity contribution in [1.29, 1.82) is 0 Å². The van der Waals surface area contributed by atoms with Crippen LogP contribution in [0.2, 0.25) is 0 Å². The van der Waals surface area contributed by atoms with E-state index < -0.39 is 0 Å². The highest BCUT2D eigenvalue weighted by molar-refractivity contribution is 6.01. The second kappa shape index (κ2) is 9.26. The summed E-state index contributed by atoms with van der Waals surface area (Å²) in [5.41, 5.74) is 2.20. The van der Waals surface area contributed by atoms with Gasteiger partial charge in [0.15, 0.2) is 11.5 Å². The first-order valence-electron chi connectivity index (χ1n) is 9.97. The highest BCUT2D eigenvalue weighted by atomic mass is 16.5. The average molecular weight is 429 g/mol. The lowest BCUT2D eigenvalue weighted by Crippen LogP contribution is -2.31. The van der Waals surface area contributed by atoms with Crippen LogP contribution in [0.3, 0.4) is 0 Å². The monoisotopic (exact) mass is 429 g/mol. The van der Waals surface area contributed by atoms with E-state index in [2.05, 4.69) is 10.3 Å². The van der Waals surface area contributed by atoms with E-state index in [1.807, 2.05) is 42.5 Å². The molecule has 3 aromatic carbocycles. The molecule has 162 valence electrons. The van der Waals surface area contributed by atoms with E-state index >= 15 is 0 Å². The number of amides is 2. The number of para-hydroxylation sites is 1. The molecule has 0 atom stereocenters. The third kappa shape index (κ3) is 4.41. The molecule has 1 heterocycles. The Hall–Kier alpha value is -4.26. The molecular weight excluding hydrogens is 406 g/mol. The Balaban J connectivity index is 1.50. The maximum absolute atomic E-state index is 12.5. The number of ether oxygens (including phenoxy) is 3. The molecule has 0 bridgehead atoms. The summed E-state index contributed by atoms with van der Waals surface area (Å²) in [5.74, 6) is 2.46. The van der Waals surface area contributed by atoms with E-state index in [9.17, 15) is 4.79 Å². The van der Waals surface area contributed by atoms with Gasteiger partial charge in [0.25, 0.3) is 0 Å². The van der Waals surface area contributed by atoms with Crippen molar-refractivity contribution >= 4 is 28.3 Å². The average Bonchev–Trinajstić information content (AvgIpc) is 2.84. The number of carbonyl (C=O) groups is 1. The van der Waals surface area contributed by atoms with Crippen LogP contribution in [-0.4, -0.2) is 32.3 Å². The molecule has 0 aliphatic carbocycles. The zero-order valence-electron chi connectivity index (χ0n) is 18.0. The predicted molar refractivity (Wildman–Crippen MR) is 125 cm³/mol. The zero-order valence-corrected chi connectivity index (χ0v) is 18.0. The lowest BCUT2D eigenvalue weighted by molar-refractivity contribution is 0.258. The van der Waals surface area contributed by atoms with Crippen LogP contribution in [0.4, 0.5) is 16.2 Å². The molecule has 7 nitrogen and oxygen atoms in total. The summed E-state index contributed by atoms with van der Waals surface area (Å²) < 4.78 is 16.8. The van der Waals surface area contributed by atoms with E-state index in [1.54, 1.807) is 62.7 Å². The van der Waals surface area contributed by atoms with Crippen molar-refractivity contribution < 1.29 is 19.0 Å². The van der Waals surface area contributed by atoms with Gasteiger partial charge in [-0.05, 0) is 48.5 Å². The van der Waals surface area contributed by atoms with E-state index in [1.165, 1.54) is 0 Å². The standard InChI is InChI=1S/C25H23N3O4/c1-28(18-7-5-4-6-8-18)25(29)27-17-9-11-19(12-10-17)32-22-13-14-26-21-16-24(31-3)23(30-2)15-20(21)22/h4-16H,1-3H3,(H,27,29). The van der Waals surface area contributed by atoms with Gasteiger partial charge in [0.1, 0.15) is 11.5 Å². The van der Waals surface area contributed by atoms with Crippen LogP contribution in [0.5, 0.6) is 23.0 Å². The molecule has 1 N–H and O–H groups in total. The van der Waals surface area contributed by atoms with Crippen molar-refractivity contribution in [2.45, 2.75) is 0 Å². The second-order valence-corrected chi connectivity index (χ2v) is 6.98. The molecule has 1 aromatic heterocycles. The van der Waals surface area contributed by atoms with Crippen LogP contribution >= 0.6 is 0 Å². The van der Waals surface area contributed by atoms with Crippen LogP contribution < -0.4 is 24.4 Å². The number of nitrogens with zero attached hydrogens (tertiary/aromatic N) is 2. The number of hydrogen-bond acceptors (Lipinski definition) is 5. The number of nitrogens with one attached hydrogen (secondary N) is 1. The van der Waals surface area contributed by atoms with Crippen LogP contribution in [0, 0.1) is 0 Å². The maximum Gasteiger partial charge on any atom is 0.326 e. The SMILES string of the molecule is COc1cc2nccc(Oc3ccc(NC(=O)N(C)c4ccccc4)cc3)c2cc1OC. The van der Waals surface area contributed by atoms with E-state index in [-0.39, 0.29) is 6.03 Å². The molecule has 32 heavy (non-hydrogen) atoms.